The number of benzene rings is 3. The molecule has 8 heteroatoms. The summed E-state index contributed by atoms with van der Waals surface area (Å²) < 4.78 is 17.4. The lowest BCUT2D eigenvalue weighted by atomic mass is 9.76. The van der Waals surface area contributed by atoms with E-state index in [1.807, 2.05) is 57.2 Å². The highest BCUT2D eigenvalue weighted by molar-refractivity contribution is 5.67. The van der Waals surface area contributed by atoms with E-state index in [9.17, 15) is 9.90 Å². The minimum Gasteiger partial charge on any atom is -0.508 e. The molecule has 2 N–H and O–H groups in total. The monoisotopic (exact) mass is 491 g/mol. The van der Waals surface area contributed by atoms with Gasteiger partial charge in [-0.05, 0) is 57.0 Å². The van der Waals surface area contributed by atoms with Crippen LogP contribution in [-0.4, -0.2) is 30.0 Å². The van der Waals surface area contributed by atoms with Crippen molar-refractivity contribution in [3.8, 4) is 23.0 Å². The lowest BCUT2D eigenvalue weighted by Gasteiger charge is -2.42. The number of aromatic hydroxyl groups is 1. The lowest BCUT2D eigenvalue weighted by Crippen LogP contribution is -2.39. The number of carbonyl (C=O) groups is 1. The van der Waals surface area contributed by atoms with Gasteiger partial charge in [-0.25, -0.2) is 14.6 Å². The van der Waals surface area contributed by atoms with Crippen molar-refractivity contribution in [2.24, 2.45) is 0 Å². The molecule has 36 heavy (non-hydrogen) atoms. The van der Waals surface area contributed by atoms with Crippen LogP contribution in [0.2, 0.25) is 0 Å². The van der Waals surface area contributed by atoms with Crippen LogP contribution in [0.4, 0.5) is 4.79 Å². The number of amides is 1. The third-order valence-electron chi connectivity index (χ3n) is 5.95. The normalized spacial score (nSPS) is 17.9. The van der Waals surface area contributed by atoms with E-state index in [1.54, 1.807) is 24.3 Å². The van der Waals surface area contributed by atoms with Crippen LogP contribution in [0.5, 0.6) is 23.0 Å². The Bertz CT molecular complexity index is 1280. The second-order valence-electron chi connectivity index (χ2n) is 9.76. The zero-order chi connectivity index (χ0) is 25.3. The standard InChI is InChI=1S/C28H29NO7/c1-27(2,3)35-26(31)29-13-6-14-32-20-10-12-23-25(16-20)34-24-15-19(30)9-11-22(24)28(23)21-8-5-4-7-18(21)17-33-36-28/h4-5,7-12,15-16,30H,6,13-14,17H2,1-3H3,(H,29,31). The van der Waals surface area contributed by atoms with E-state index in [4.69, 9.17) is 24.0 Å². The fourth-order valence-electron chi connectivity index (χ4n) is 4.48. The van der Waals surface area contributed by atoms with Crippen LogP contribution in [0.3, 0.4) is 0 Å². The van der Waals surface area contributed by atoms with E-state index in [1.165, 1.54) is 0 Å². The predicted molar refractivity (Wildman–Crippen MR) is 131 cm³/mol. The number of ether oxygens (including phenoxy) is 3. The summed E-state index contributed by atoms with van der Waals surface area (Å²) in [5.41, 5.74) is 1.88. The third kappa shape index (κ3) is 4.57. The van der Waals surface area contributed by atoms with Gasteiger partial charge in [0.25, 0.3) is 0 Å². The van der Waals surface area contributed by atoms with Gasteiger partial charge in [0.05, 0.1) is 6.61 Å². The second kappa shape index (κ2) is 9.37. The maximum Gasteiger partial charge on any atom is 0.407 e. The number of rotatable bonds is 5. The number of hydrogen-bond acceptors (Lipinski definition) is 7. The van der Waals surface area contributed by atoms with E-state index < -0.39 is 17.3 Å². The molecule has 1 unspecified atom stereocenters. The van der Waals surface area contributed by atoms with Crippen molar-refractivity contribution < 1.29 is 33.9 Å². The van der Waals surface area contributed by atoms with Gasteiger partial charge in [0.1, 0.15) is 35.2 Å². The van der Waals surface area contributed by atoms with Crippen LogP contribution in [0, 0.1) is 0 Å². The molecular weight excluding hydrogens is 462 g/mol. The molecule has 5 rings (SSSR count). The Morgan fingerprint density at radius 3 is 2.58 bits per heavy atom. The van der Waals surface area contributed by atoms with Crippen molar-refractivity contribution in [3.63, 3.8) is 0 Å². The first-order valence-electron chi connectivity index (χ1n) is 11.9. The number of fused-ring (bicyclic) bond motifs is 6. The Hall–Kier alpha value is -3.75. The lowest BCUT2D eigenvalue weighted by molar-refractivity contribution is -0.363. The zero-order valence-corrected chi connectivity index (χ0v) is 20.5. The Labute approximate surface area is 209 Å². The SMILES string of the molecule is CC(C)(C)OC(=O)NCCCOc1ccc2c(c1)Oc1cc(O)ccc1C21OOCc2ccccc21. The molecule has 0 aromatic heterocycles. The van der Waals surface area contributed by atoms with Gasteiger partial charge in [-0.1, -0.05) is 24.3 Å². The van der Waals surface area contributed by atoms with E-state index in [0.29, 0.717) is 43.4 Å². The minimum absolute atomic E-state index is 0.0854. The molecule has 8 nitrogen and oxygen atoms in total. The number of carbonyl (C=O) groups excluding carboxylic acids is 1. The molecule has 3 aromatic rings. The quantitative estimate of drug-likeness (QED) is 0.357. The molecule has 0 saturated heterocycles. The van der Waals surface area contributed by atoms with Crippen molar-refractivity contribution in [3.05, 3.63) is 82.9 Å². The predicted octanol–water partition coefficient (Wildman–Crippen LogP) is 5.55. The summed E-state index contributed by atoms with van der Waals surface area (Å²) in [5, 5.41) is 12.8. The molecule has 2 heterocycles. The highest BCUT2D eigenvalue weighted by atomic mass is 17.2. The molecular formula is C28H29NO7. The first-order chi connectivity index (χ1) is 17.3. The van der Waals surface area contributed by atoms with Crippen molar-refractivity contribution in [1.82, 2.24) is 5.32 Å². The topological polar surface area (TPSA) is 95.5 Å². The number of hydrogen-bond donors (Lipinski definition) is 2. The van der Waals surface area contributed by atoms with Crippen molar-refractivity contribution in [2.75, 3.05) is 13.2 Å². The summed E-state index contributed by atoms with van der Waals surface area (Å²) in [6.45, 7) is 6.61. The number of phenols is 1. The van der Waals surface area contributed by atoms with Crippen LogP contribution in [0.1, 0.15) is 49.4 Å². The maximum atomic E-state index is 11.8. The third-order valence-corrected chi connectivity index (χ3v) is 5.95. The molecule has 3 aromatic carbocycles. The minimum atomic E-state index is -1.05. The molecule has 0 fully saturated rings. The van der Waals surface area contributed by atoms with Gasteiger partial charge in [-0.15, -0.1) is 0 Å². The van der Waals surface area contributed by atoms with Gasteiger partial charge in [0.2, 0.25) is 0 Å². The van der Waals surface area contributed by atoms with E-state index in [-0.39, 0.29) is 5.75 Å². The first-order valence-corrected chi connectivity index (χ1v) is 11.9. The molecule has 2 aliphatic rings. The summed E-state index contributed by atoms with van der Waals surface area (Å²) in [6.07, 6.45) is 0.147. The molecule has 1 atom stereocenters. The fourth-order valence-corrected chi connectivity index (χ4v) is 4.48. The molecule has 188 valence electrons. The van der Waals surface area contributed by atoms with Crippen molar-refractivity contribution in [2.45, 2.75) is 45.0 Å². The van der Waals surface area contributed by atoms with Crippen molar-refractivity contribution >= 4 is 6.09 Å². The van der Waals surface area contributed by atoms with E-state index in [2.05, 4.69) is 5.32 Å². The van der Waals surface area contributed by atoms with Crippen LogP contribution >= 0.6 is 0 Å². The highest BCUT2D eigenvalue weighted by Crippen LogP contribution is 2.55. The number of phenolic OH excluding ortho intramolecular Hbond substituents is 1. The molecule has 0 bridgehead atoms. The Morgan fingerprint density at radius 1 is 1.03 bits per heavy atom. The van der Waals surface area contributed by atoms with Crippen LogP contribution in [0.25, 0.3) is 0 Å². The molecule has 1 amide bonds. The summed E-state index contributed by atoms with van der Waals surface area (Å²) in [7, 11) is 0. The Balaban J connectivity index is 1.37. The Kier molecular flexibility index (Phi) is 6.24. The van der Waals surface area contributed by atoms with Crippen molar-refractivity contribution in [1.29, 1.82) is 0 Å². The van der Waals surface area contributed by atoms with Gasteiger partial charge in [0.15, 0.2) is 5.60 Å². The van der Waals surface area contributed by atoms with Gasteiger partial charge in [-0.3, -0.25) is 0 Å². The van der Waals surface area contributed by atoms with Crippen LogP contribution in [0.15, 0.2) is 60.7 Å². The summed E-state index contributed by atoms with van der Waals surface area (Å²) in [4.78, 5) is 23.5. The van der Waals surface area contributed by atoms with E-state index >= 15 is 0 Å². The largest absolute Gasteiger partial charge is 0.508 e. The molecule has 0 saturated carbocycles. The molecule has 1 spiro atoms. The molecule has 2 aliphatic heterocycles. The van der Waals surface area contributed by atoms with Gasteiger partial charge < -0.3 is 24.6 Å². The summed E-state index contributed by atoms with van der Waals surface area (Å²) in [5.74, 6) is 1.70. The first kappa shape index (κ1) is 24.0. The van der Waals surface area contributed by atoms with Gasteiger partial charge in [0, 0.05) is 35.4 Å². The van der Waals surface area contributed by atoms with Gasteiger partial charge >= 0.3 is 6.09 Å². The van der Waals surface area contributed by atoms with E-state index in [0.717, 1.165) is 22.3 Å². The average Bonchev–Trinajstić information content (AvgIpc) is 2.83. The molecule has 0 radical (unpaired) electrons. The van der Waals surface area contributed by atoms with Gasteiger partial charge in [-0.2, -0.15) is 0 Å². The van der Waals surface area contributed by atoms with Crippen LogP contribution in [-0.2, 0) is 26.7 Å². The maximum absolute atomic E-state index is 11.8. The molecule has 0 aliphatic carbocycles. The van der Waals surface area contributed by atoms with Crippen LogP contribution < -0.4 is 14.8 Å². The number of alkyl carbamates (subject to hydrolysis) is 1. The average molecular weight is 492 g/mol. The number of nitrogens with one attached hydrogen (secondary N) is 1. The fraction of sp³-hybridized carbons (Fsp3) is 0.321. The highest BCUT2D eigenvalue weighted by Gasteiger charge is 2.49. The second-order valence-corrected chi connectivity index (χ2v) is 9.76. The zero-order valence-electron chi connectivity index (χ0n) is 20.5. The smallest absolute Gasteiger partial charge is 0.407 e. The summed E-state index contributed by atoms with van der Waals surface area (Å²) >= 11 is 0. The summed E-state index contributed by atoms with van der Waals surface area (Å²) in [6, 6.07) is 18.5. The Morgan fingerprint density at radius 2 is 1.78 bits per heavy atom.